The standard InChI is InChI=1S/C24H36N4O3S/c1-4-5-13-27(3)14-8-12-25-24(30)21-17-23(29)26-22-11-10-19(16-20(21)22)32(31)28-15-7-6-9-18(28)2/h10-11,16-18H,4-9,12-15H2,1-3H3,(H,25,30)(H,26,29). The lowest BCUT2D eigenvalue weighted by atomic mass is 10.1. The molecule has 0 saturated carbocycles. The molecule has 0 bridgehead atoms. The Balaban J connectivity index is 1.73. The normalized spacial score (nSPS) is 18.2. The maximum atomic E-state index is 13.2. The average molecular weight is 461 g/mol. The molecule has 8 heteroatoms. The number of nitrogens with zero attached hydrogens (tertiary/aromatic N) is 2. The van der Waals surface area contributed by atoms with Crippen molar-refractivity contribution < 1.29 is 9.35 Å². The number of fused-ring (bicyclic) bond motifs is 1. The molecule has 1 aliphatic heterocycles. The van der Waals surface area contributed by atoms with E-state index in [9.17, 15) is 14.1 Å². The molecule has 3 rings (SSSR count). The highest BCUT2D eigenvalue weighted by Gasteiger charge is 2.30. The van der Waals surface area contributed by atoms with E-state index in [-0.39, 0.29) is 17.5 Å². The number of carbonyl (C=O) groups excluding carboxylic acids is 1. The fourth-order valence-electron chi connectivity index (χ4n) is 4.17. The number of rotatable bonds is 10. The van der Waals surface area contributed by atoms with Gasteiger partial charge in [-0.15, -0.1) is 4.31 Å². The quantitative estimate of drug-likeness (QED) is 0.419. The number of H-pyrrole nitrogens is 1. The van der Waals surface area contributed by atoms with E-state index in [0.717, 1.165) is 45.3 Å². The number of nitrogens with one attached hydrogen (secondary N) is 2. The molecule has 2 N–H and O–H groups in total. The van der Waals surface area contributed by atoms with Gasteiger partial charge in [-0.1, -0.05) is 19.8 Å². The Bertz CT molecular complexity index is 964. The van der Waals surface area contributed by atoms with E-state index in [1.165, 1.54) is 18.9 Å². The molecule has 1 aromatic carbocycles. The highest BCUT2D eigenvalue weighted by Crippen LogP contribution is 2.27. The van der Waals surface area contributed by atoms with Crippen LogP contribution in [-0.2, 0) is 11.4 Å². The SMILES string of the molecule is CCCCN(C)CCCNC(=O)c1cc(=O)[nH]c2ccc([S+]([O-])N3CCCCC3C)cc12. The van der Waals surface area contributed by atoms with Crippen molar-refractivity contribution in [2.24, 2.45) is 0 Å². The van der Waals surface area contributed by atoms with Crippen molar-refractivity contribution in [3.05, 3.63) is 40.2 Å². The van der Waals surface area contributed by atoms with Crippen LogP contribution >= 0.6 is 0 Å². The van der Waals surface area contributed by atoms with Gasteiger partial charge in [0, 0.05) is 36.1 Å². The van der Waals surface area contributed by atoms with Crippen LogP contribution in [0.5, 0.6) is 0 Å². The lowest BCUT2D eigenvalue weighted by Gasteiger charge is -2.32. The van der Waals surface area contributed by atoms with E-state index in [1.54, 1.807) is 18.2 Å². The summed E-state index contributed by atoms with van der Waals surface area (Å²) in [5.41, 5.74) is 0.587. The van der Waals surface area contributed by atoms with Gasteiger partial charge in [-0.3, -0.25) is 9.59 Å². The summed E-state index contributed by atoms with van der Waals surface area (Å²) in [6.45, 7) is 7.59. The number of hydrogen-bond acceptors (Lipinski definition) is 5. The number of piperidine rings is 1. The van der Waals surface area contributed by atoms with Crippen molar-refractivity contribution in [2.75, 3.05) is 33.2 Å². The van der Waals surface area contributed by atoms with Gasteiger partial charge in [0.15, 0.2) is 4.90 Å². The lowest BCUT2D eigenvalue weighted by Crippen LogP contribution is -2.41. The molecule has 32 heavy (non-hydrogen) atoms. The molecule has 1 fully saturated rings. The Morgan fingerprint density at radius 3 is 2.81 bits per heavy atom. The lowest BCUT2D eigenvalue weighted by molar-refractivity contribution is 0.0953. The molecule has 1 aliphatic rings. The van der Waals surface area contributed by atoms with E-state index in [1.807, 2.05) is 4.31 Å². The van der Waals surface area contributed by atoms with Crippen LogP contribution in [0.3, 0.4) is 0 Å². The van der Waals surface area contributed by atoms with Crippen LogP contribution in [0.15, 0.2) is 34.0 Å². The summed E-state index contributed by atoms with van der Waals surface area (Å²) in [4.78, 5) is 30.7. The molecule has 0 radical (unpaired) electrons. The van der Waals surface area contributed by atoms with Crippen LogP contribution in [0.25, 0.3) is 10.9 Å². The largest absolute Gasteiger partial charge is 0.593 e. The van der Waals surface area contributed by atoms with Crippen LogP contribution in [0.1, 0.15) is 62.7 Å². The van der Waals surface area contributed by atoms with E-state index in [2.05, 4.69) is 36.1 Å². The van der Waals surface area contributed by atoms with Crippen molar-refractivity contribution in [2.45, 2.75) is 63.3 Å². The van der Waals surface area contributed by atoms with Gasteiger partial charge in [-0.05, 0) is 64.9 Å². The number of amides is 1. The highest BCUT2D eigenvalue weighted by molar-refractivity contribution is 7.89. The number of pyridine rings is 1. The fourth-order valence-corrected chi connectivity index (χ4v) is 5.57. The molecule has 2 atom stereocenters. The van der Waals surface area contributed by atoms with Gasteiger partial charge in [0.05, 0.1) is 23.0 Å². The molecule has 2 aromatic rings. The fraction of sp³-hybridized carbons (Fsp3) is 0.583. The van der Waals surface area contributed by atoms with E-state index in [0.29, 0.717) is 27.9 Å². The predicted molar refractivity (Wildman–Crippen MR) is 130 cm³/mol. The smallest absolute Gasteiger partial charge is 0.252 e. The molecular formula is C24H36N4O3S. The Morgan fingerprint density at radius 2 is 2.06 bits per heavy atom. The minimum Gasteiger partial charge on any atom is -0.593 e. The van der Waals surface area contributed by atoms with Gasteiger partial charge in [0.1, 0.15) is 0 Å². The molecule has 2 heterocycles. The molecule has 7 nitrogen and oxygen atoms in total. The molecule has 0 aliphatic carbocycles. The van der Waals surface area contributed by atoms with E-state index < -0.39 is 11.4 Å². The van der Waals surface area contributed by atoms with Crippen molar-refractivity contribution in [1.82, 2.24) is 19.5 Å². The number of aromatic nitrogens is 1. The van der Waals surface area contributed by atoms with Crippen molar-refractivity contribution in [3.63, 3.8) is 0 Å². The number of aromatic amines is 1. The van der Waals surface area contributed by atoms with Gasteiger partial charge in [-0.25, -0.2) is 0 Å². The number of unbranched alkanes of at least 4 members (excludes halogenated alkanes) is 1. The zero-order chi connectivity index (χ0) is 23.1. The van der Waals surface area contributed by atoms with Crippen molar-refractivity contribution in [1.29, 1.82) is 0 Å². The van der Waals surface area contributed by atoms with Gasteiger partial charge in [0.25, 0.3) is 5.91 Å². The number of hydrogen-bond donors (Lipinski definition) is 2. The average Bonchev–Trinajstić information content (AvgIpc) is 2.79. The topological polar surface area (TPSA) is 91.5 Å². The highest BCUT2D eigenvalue weighted by atomic mass is 32.2. The first-order chi connectivity index (χ1) is 15.4. The van der Waals surface area contributed by atoms with E-state index >= 15 is 0 Å². The third-order valence-electron chi connectivity index (χ3n) is 6.11. The maximum absolute atomic E-state index is 13.2. The first kappa shape index (κ1) is 24.8. The molecule has 2 unspecified atom stereocenters. The summed E-state index contributed by atoms with van der Waals surface area (Å²) < 4.78 is 15.2. The summed E-state index contributed by atoms with van der Waals surface area (Å²) in [6.07, 6.45) is 6.41. The van der Waals surface area contributed by atoms with Crippen LogP contribution in [0.4, 0.5) is 0 Å². The molecular weight excluding hydrogens is 424 g/mol. The van der Waals surface area contributed by atoms with Crippen LogP contribution in [0.2, 0.25) is 0 Å². The van der Waals surface area contributed by atoms with Gasteiger partial charge in [0.2, 0.25) is 5.56 Å². The Kier molecular flexibility index (Phi) is 9.16. The first-order valence-electron chi connectivity index (χ1n) is 11.7. The van der Waals surface area contributed by atoms with Crippen LogP contribution < -0.4 is 10.9 Å². The molecule has 0 spiro atoms. The Morgan fingerprint density at radius 1 is 1.28 bits per heavy atom. The molecule has 1 saturated heterocycles. The third kappa shape index (κ3) is 6.34. The predicted octanol–water partition coefficient (Wildman–Crippen LogP) is 3.28. The maximum Gasteiger partial charge on any atom is 0.252 e. The number of carbonyl (C=O) groups is 1. The summed E-state index contributed by atoms with van der Waals surface area (Å²) >= 11 is -1.29. The van der Waals surface area contributed by atoms with E-state index in [4.69, 9.17) is 0 Å². The minimum absolute atomic E-state index is 0.258. The minimum atomic E-state index is -1.29. The van der Waals surface area contributed by atoms with Gasteiger partial charge >= 0.3 is 0 Å². The molecule has 1 amide bonds. The zero-order valence-electron chi connectivity index (χ0n) is 19.5. The van der Waals surface area contributed by atoms with Crippen LogP contribution in [-0.4, -0.2) is 63.9 Å². The molecule has 1 aromatic heterocycles. The van der Waals surface area contributed by atoms with Gasteiger partial charge in [-0.2, -0.15) is 0 Å². The third-order valence-corrected chi connectivity index (χ3v) is 7.74. The Labute approximate surface area is 193 Å². The summed E-state index contributed by atoms with van der Waals surface area (Å²) in [7, 11) is 2.09. The summed E-state index contributed by atoms with van der Waals surface area (Å²) in [5, 5.41) is 3.57. The monoisotopic (exact) mass is 460 g/mol. The second kappa shape index (κ2) is 11.8. The second-order valence-electron chi connectivity index (χ2n) is 8.76. The summed E-state index contributed by atoms with van der Waals surface area (Å²) in [5.74, 6) is -0.272. The van der Waals surface area contributed by atoms with Gasteiger partial charge < -0.3 is 19.8 Å². The van der Waals surface area contributed by atoms with Crippen molar-refractivity contribution >= 4 is 28.2 Å². The van der Waals surface area contributed by atoms with Crippen molar-refractivity contribution in [3.8, 4) is 0 Å². The van der Waals surface area contributed by atoms with Crippen LogP contribution in [0, 0.1) is 0 Å². The summed E-state index contributed by atoms with van der Waals surface area (Å²) in [6, 6.07) is 6.91. The molecule has 176 valence electrons. The number of benzene rings is 1. The second-order valence-corrected chi connectivity index (χ2v) is 10.2. The first-order valence-corrected chi connectivity index (χ1v) is 12.8. The zero-order valence-corrected chi connectivity index (χ0v) is 20.3. The Hall–Kier alpha value is -1.87.